The van der Waals surface area contributed by atoms with Gasteiger partial charge in [0.15, 0.2) is 0 Å². The highest BCUT2D eigenvalue weighted by Gasteiger charge is 2.10. The van der Waals surface area contributed by atoms with Crippen LogP contribution in [0.3, 0.4) is 0 Å². The fourth-order valence-corrected chi connectivity index (χ4v) is 0.449. The molecule has 0 amide bonds. The van der Waals surface area contributed by atoms with Crippen LogP contribution < -0.4 is 0 Å². The molecule has 0 aliphatic heterocycles. The molecule has 4 nitrogen and oxygen atoms in total. The molecule has 0 heterocycles. The smallest absolute Gasteiger partial charge is 0.303 e. The van der Waals surface area contributed by atoms with Gasteiger partial charge in [0.1, 0.15) is 0 Å². The van der Waals surface area contributed by atoms with E-state index in [1.165, 1.54) is 6.08 Å². The summed E-state index contributed by atoms with van der Waals surface area (Å²) < 4.78 is 13.7. The van der Waals surface area contributed by atoms with E-state index in [-0.39, 0.29) is 14.0 Å². The number of hydrogen-bond donors (Lipinski definition) is 2. The largest absolute Gasteiger partial charge is 0.469 e. The average Bonchev–Trinajstić information content (AvgIpc) is 1.59. The van der Waals surface area contributed by atoms with Crippen molar-refractivity contribution >= 4 is 7.82 Å². The first kappa shape index (κ1) is 11.6. The fraction of sp³-hybridized carbons (Fsp3) is 0.500. The van der Waals surface area contributed by atoms with Crippen molar-refractivity contribution in [2.75, 3.05) is 6.61 Å². The van der Waals surface area contributed by atoms with Gasteiger partial charge in [0.05, 0.1) is 6.61 Å². The maximum Gasteiger partial charge on any atom is 0.469 e. The Morgan fingerprint density at radius 3 is 2.22 bits per heavy atom. The highest BCUT2D eigenvalue weighted by atomic mass is 31.2. The molecule has 0 aromatic carbocycles. The lowest BCUT2D eigenvalue weighted by Gasteiger charge is -1.98. The lowest BCUT2D eigenvalue weighted by molar-refractivity contribution is 0.216. The highest BCUT2D eigenvalue weighted by Crippen LogP contribution is 2.35. The zero-order valence-corrected chi connectivity index (χ0v) is 5.04. The molecule has 0 fully saturated rings. The van der Waals surface area contributed by atoms with Gasteiger partial charge < -0.3 is 9.79 Å². The molecule has 0 rings (SSSR count). The minimum absolute atomic E-state index is 0. The third-order valence-electron chi connectivity index (χ3n) is 0.361. The Hall–Kier alpha value is -0.150. The van der Waals surface area contributed by atoms with Crippen LogP contribution in [0.5, 0.6) is 0 Å². The number of phosphoric acid groups is 1. The van der Waals surface area contributed by atoms with E-state index < -0.39 is 7.82 Å². The van der Waals surface area contributed by atoms with Crippen LogP contribution in [-0.2, 0) is 9.09 Å². The summed E-state index contributed by atoms with van der Waals surface area (Å²) in [6.45, 7) is 3.07. The molecule has 0 aromatic heterocycles. The van der Waals surface area contributed by atoms with E-state index in [0.717, 1.165) is 0 Å². The van der Waals surface area contributed by atoms with E-state index in [2.05, 4.69) is 11.1 Å². The monoisotopic (exact) mass is 154 g/mol. The molecule has 0 saturated heterocycles. The molecule has 0 spiro atoms. The van der Waals surface area contributed by atoms with Crippen LogP contribution in [0.2, 0.25) is 0 Å². The molecular weight excluding hydrogens is 143 g/mol. The number of rotatable bonds is 3. The van der Waals surface area contributed by atoms with E-state index in [9.17, 15) is 4.57 Å². The van der Waals surface area contributed by atoms with Gasteiger partial charge in [-0.05, 0) is 0 Å². The summed E-state index contributed by atoms with van der Waals surface area (Å²) in [5.41, 5.74) is 0. The third-order valence-corrected chi connectivity index (χ3v) is 0.846. The minimum Gasteiger partial charge on any atom is -0.303 e. The molecule has 0 aromatic rings. The Morgan fingerprint density at radius 2 is 2.11 bits per heavy atom. The summed E-state index contributed by atoms with van der Waals surface area (Å²) in [6.07, 6.45) is 1.26. The second kappa shape index (κ2) is 4.70. The summed E-state index contributed by atoms with van der Waals surface area (Å²) in [5.74, 6) is 0. The molecule has 0 bridgehead atoms. The lowest BCUT2D eigenvalue weighted by atomic mass is 10.7. The Bertz CT molecular complexity index is 116. The normalized spacial score (nSPS) is 10.0. The minimum atomic E-state index is -4.25. The number of phosphoric ester groups is 1. The van der Waals surface area contributed by atoms with Crippen molar-refractivity contribution < 1.29 is 18.9 Å². The molecular formula is C4H11O4P. The predicted molar refractivity (Wildman–Crippen MR) is 34.9 cm³/mol. The van der Waals surface area contributed by atoms with Gasteiger partial charge in [0.2, 0.25) is 0 Å². The van der Waals surface area contributed by atoms with Gasteiger partial charge in [-0.3, -0.25) is 4.52 Å². The first-order valence-electron chi connectivity index (χ1n) is 1.87. The lowest BCUT2D eigenvalue weighted by Crippen LogP contribution is -1.86. The van der Waals surface area contributed by atoms with Crippen LogP contribution in [0, 0.1) is 0 Å². The van der Waals surface area contributed by atoms with Crippen molar-refractivity contribution in [2.45, 2.75) is 7.43 Å². The topological polar surface area (TPSA) is 66.8 Å². The predicted octanol–water partition coefficient (Wildman–Crippen LogP) is 0.918. The Labute approximate surface area is 54.4 Å². The fourth-order valence-electron chi connectivity index (χ4n) is 0.150. The molecule has 0 atom stereocenters. The molecule has 9 heavy (non-hydrogen) atoms. The second-order valence-corrected chi connectivity index (χ2v) is 2.31. The van der Waals surface area contributed by atoms with Crippen molar-refractivity contribution in [1.29, 1.82) is 0 Å². The standard InChI is InChI=1S/C3H7O4P.CH4/c1-2-3-7-8(4,5)6;/h2H,1,3H2,(H2,4,5,6);1H4. The van der Waals surface area contributed by atoms with Crippen molar-refractivity contribution in [3.05, 3.63) is 12.7 Å². The summed E-state index contributed by atoms with van der Waals surface area (Å²) >= 11 is 0. The van der Waals surface area contributed by atoms with E-state index >= 15 is 0 Å². The van der Waals surface area contributed by atoms with Crippen molar-refractivity contribution in [1.82, 2.24) is 0 Å². The zero-order valence-electron chi connectivity index (χ0n) is 4.15. The Morgan fingerprint density at radius 1 is 1.67 bits per heavy atom. The van der Waals surface area contributed by atoms with Gasteiger partial charge in [0, 0.05) is 0 Å². The van der Waals surface area contributed by atoms with Crippen LogP contribution in [0.1, 0.15) is 7.43 Å². The van der Waals surface area contributed by atoms with E-state index in [1.54, 1.807) is 0 Å². The Kier molecular flexibility index (Phi) is 6.07. The maximum atomic E-state index is 9.81. The van der Waals surface area contributed by atoms with Gasteiger partial charge >= 0.3 is 7.82 Å². The molecule has 5 heteroatoms. The van der Waals surface area contributed by atoms with Gasteiger partial charge in [-0.2, -0.15) is 0 Å². The molecule has 0 unspecified atom stereocenters. The summed E-state index contributed by atoms with van der Waals surface area (Å²) in [7, 11) is -4.25. The summed E-state index contributed by atoms with van der Waals surface area (Å²) in [5, 5.41) is 0. The van der Waals surface area contributed by atoms with Gasteiger partial charge in [0.25, 0.3) is 0 Å². The van der Waals surface area contributed by atoms with E-state index in [4.69, 9.17) is 9.79 Å². The molecule has 2 N–H and O–H groups in total. The highest BCUT2D eigenvalue weighted by molar-refractivity contribution is 7.46. The SMILES string of the molecule is C.C=CCOP(=O)(O)O. The zero-order chi connectivity index (χ0) is 6.62. The van der Waals surface area contributed by atoms with Crippen LogP contribution in [0.25, 0.3) is 0 Å². The Balaban J connectivity index is 0. The van der Waals surface area contributed by atoms with Crippen molar-refractivity contribution in [3.63, 3.8) is 0 Å². The average molecular weight is 154 g/mol. The van der Waals surface area contributed by atoms with Crippen LogP contribution in [-0.4, -0.2) is 16.4 Å². The van der Waals surface area contributed by atoms with E-state index in [1.807, 2.05) is 0 Å². The van der Waals surface area contributed by atoms with Gasteiger partial charge in [-0.15, -0.1) is 6.58 Å². The van der Waals surface area contributed by atoms with E-state index in [0.29, 0.717) is 0 Å². The van der Waals surface area contributed by atoms with Gasteiger partial charge in [-0.1, -0.05) is 13.5 Å². The molecule has 0 saturated carbocycles. The van der Waals surface area contributed by atoms with Crippen LogP contribution in [0.4, 0.5) is 0 Å². The van der Waals surface area contributed by atoms with Crippen LogP contribution >= 0.6 is 7.82 Å². The third kappa shape index (κ3) is 11.4. The van der Waals surface area contributed by atoms with Gasteiger partial charge in [-0.25, -0.2) is 4.57 Å². The molecule has 0 aliphatic rings. The van der Waals surface area contributed by atoms with Crippen LogP contribution in [0.15, 0.2) is 12.7 Å². The van der Waals surface area contributed by atoms with Crippen molar-refractivity contribution in [3.8, 4) is 0 Å². The van der Waals surface area contributed by atoms with Crippen molar-refractivity contribution in [2.24, 2.45) is 0 Å². The first-order chi connectivity index (χ1) is 3.56. The summed E-state index contributed by atoms with van der Waals surface area (Å²) in [6, 6.07) is 0. The first-order valence-corrected chi connectivity index (χ1v) is 3.40. The molecule has 0 radical (unpaired) electrons. The molecule has 56 valence electrons. The second-order valence-electron chi connectivity index (χ2n) is 1.08. The summed E-state index contributed by atoms with van der Waals surface area (Å²) in [4.78, 5) is 16.0. The number of hydrogen-bond acceptors (Lipinski definition) is 2. The maximum absolute atomic E-state index is 9.81. The quantitative estimate of drug-likeness (QED) is 0.468. The molecule has 0 aliphatic carbocycles.